The minimum absolute atomic E-state index is 0.179. The SMILES string of the molecule is COc1ccccc1C1(NC(=O)[C@@H]2CC[C@@H]2C(=O)O)CCOCC1. The first-order chi connectivity index (χ1) is 11.6. The number of methoxy groups -OCH3 is 1. The molecule has 3 rings (SSSR count). The van der Waals surface area contributed by atoms with E-state index >= 15 is 0 Å². The first kappa shape index (κ1) is 16.8. The van der Waals surface area contributed by atoms with Crippen molar-refractivity contribution >= 4 is 11.9 Å². The number of aliphatic carboxylic acids is 1. The number of rotatable bonds is 5. The highest BCUT2D eigenvalue weighted by molar-refractivity contribution is 5.87. The Labute approximate surface area is 141 Å². The van der Waals surface area contributed by atoms with Crippen LogP contribution in [0.15, 0.2) is 24.3 Å². The molecule has 1 amide bonds. The predicted octanol–water partition coefficient (Wildman–Crippen LogP) is 1.93. The molecule has 130 valence electrons. The minimum atomic E-state index is -0.889. The van der Waals surface area contributed by atoms with E-state index in [1.807, 2.05) is 24.3 Å². The molecule has 6 heteroatoms. The molecule has 24 heavy (non-hydrogen) atoms. The lowest BCUT2D eigenvalue weighted by Crippen LogP contribution is -2.54. The molecule has 1 aromatic carbocycles. The van der Waals surface area contributed by atoms with Crippen LogP contribution in [0.5, 0.6) is 5.75 Å². The van der Waals surface area contributed by atoms with Gasteiger partial charge in [-0.05, 0) is 31.7 Å². The van der Waals surface area contributed by atoms with Crippen molar-refractivity contribution in [3.8, 4) is 5.75 Å². The lowest BCUT2D eigenvalue weighted by atomic mass is 9.72. The molecule has 0 unspecified atom stereocenters. The van der Waals surface area contributed by atoms with Crippen LogP contribution in [0.2, 0.25) is 0 Å². The molecule has 2 aliphatic rings. The summed E-state index contributed by atoms with van der Waals surface area (Å²) in [7, 11) is 1.61. The van der Waals surface area contributed by atoms with Crippen LogP contribution in [0.25, 0.3) is 0 Å². The quantitative estimate of drug-likeness (QED) is 0.860. The number of hydrogen-bond donors (Lipinski definition) is 2. The van der Waals surface area contributed by atoms with Crippen LogP contribution in [0, 0.1) is 11.8 Å². The van der Waals surface area contributed by atoms with Gasteiger partial charge < -0.3 is 19.9 Å². The third-order valence-electron chi connectivity index (χ3n) is 5.26. The van der Waals surface area contributed by atoms with Gasteiger partial charge in [0.2, 0.25) is 5.91 Å². The van der Waals surface area contributed by atoms with Crippen molar-refractivity contribution in [2.75, 3.05) is 20.3 Å². The first-order valence-corrected chi connectivity index (χ1v) is 8.33. The summed E-state index contributed by atoms with van der Waals surface area (Å²) in [6, 6.07) is 7.65. The highest BCUT2D eigenvalue weighted by atomic mass is 16.5. The minimum Gasteiger partial charge on any atom is -0.496 e. The second-order valence-corrected chi connectivity index (χ2v) is 6.51. The van der Waals surface area contributed by atoms with Crippen molar-refractivity contribution in [1.29, 1.82) is 0 Å². The molecular formula is C18H23NO5. The highest BCUT2D eigenvalue weighted by Crippen LogP contribution is 2.40. The van der Waals surface area contributed by atoms with Crippen LogP contribution >= 0.6 is 0 Å². The molecule has 1 aromatic rings. The molecule has 1 aliphatic heterocycles. The Balaban J connectivity index is 1.87. The molecule has 0 radical (unpaired) electrons. The number of nitrogens with one attached hydrogen (secondary N) is 1. The molecule has 1 heterocycles. The van der Waals surface area contributed by atoms with E-state index in [2.05, 4.69) is 5.32 Å². The normalized spacial score (nSPS) is 25.4. The fourth-order valence-electron chi connectivity index (χ4n) is 3.66. The van der Waals surface area contributed by atoms with Crippen LogP contribution < -0.4 is 10.1 Å². The molecule has 1 aliphatic carbocycles. The van der Waals surface area contributed by atoms with Gasteiger partial charge in [-0.1, -0.05) is 18.2 Å². The Kier molecular flexibility index (Phi) is 4.76. The van der Waals surface area contributed by atoms with E-state index in [0.717, 1.165) is 11.3 Å². The third kappa shape index (κ3) is 2.98. The van der Waals surface area contributed by atoms with E-state index in [1.165, 1.54) is 0 Å². The zero-order valence-electron chi connectivity index (χ0n) is 13.8. The van der Waals surface area contributed by atoms with E-state index in [-0.39, 0.29) is 5.91 Å². The summed E-state index contributed by atoms with van der Waals surface area (Å²) in [4.78, 5) is 23.9. The molecular weight excluding hydrogens is 310 g/mol. The van der Waals surface area contributed by atoms with Gasteiger partial charge in [0, 0.05) is 18.8 Å². The zero-order valence-corrected chi connectivity index (χ0v) is 13.8. The van der Waals surface area contributed by atoms with Gasteiger partial charge in [-0.25, -0.2) is 0 Å². The summed E-state index contributed by atoms with van der Waals surface area (Å²) in [5.74, 6) is -1.36. The van der Waals surface area contributed by atoms with E-state index in [4.69, 9.17) is 9.47 Å². The summed E-state index contributed by atoms with van der Waals surface area (Å²) >= 11 is 0. The van der Waals surface area contributed by atoms with E-state index < -0.39 is 23.3 Å². The van der Waals surface area contributed by atoms with Gasteiger partial charge in [-0.3, -0.25) is 9.59 Å². The first-order valence-electron chi connectivity index (χ1n) is 8.33. The van der Waals surface area contributed by atoms with Crippen molar-refractivity contribution in [2.45, 2.75) is 31.2 Å². The largest absolute Gasteiger partial charge is 0.496 e. The number of para-hydroxylation sites is 1. The van der Waals surface area contributed by atoms with E-state index in [9.17, 15) is 14.7 Å². The molecule has 2 N–H and O–H groups in total. The number of amides is 1. The second-order valence-electron chi connectivity index (χ2n) is 6.51. The zero-order chi connectivity index (χ0) is 17.2. The fraction of sp³-hybridized carbons (Fsp3) is 0.556. The molecule has 1 saturated heterocycles. The average molecular weight is 333 g/mol. The molecule has 6 nitrogen and oxygen atoms in total. The second kappa shape index (κ2) is 6.81. The topological polar surface area (TPSA) is 84.9 Å². The number of carboxylic acids is 1. The lowest BCUT2D eigenvalue weighted by molar-refractivity contribution is -0.153. The van der Waals surface area contributed by atoms with Crippen LogP contribution in [0.3, 0.4) is 0 Å². The maximum atomic E-state index is 12.7. The number of carboxylic acid groups (broad SMARTS) is 1. The fourth-order valence-corrected chi connectivity index (χ4v) is 3.66. The Bertz CT molecular complexity index is 624. The smallest absolute Gasteiger partial charge is 0.307 e. The van der Waals surface area contributed by atoms with Crippen LogP contribution in [0.4, 0.5) is 0 Å². The van der Waals surface area contributed by atoms with E-state index in [1.54, 1.807) is 7.11 Å². The van der Waals surface area contributed by atoms with Crippen molar-refractivity contribution in [1.82, 2.24) is 5.32 Å². The van der Waals surface area contributed by atoms with Crippen molar-refractivity contribution < 1.29 is 24.2 Å². The Morgan fingerprint density at radius 2 is 1.88 bits per heavy atom. The van der Waals surface area contributed by atoms with Crippen molar-refractivity contribution in [2.24, 2.45) is 11.8 Å². The van der Waals surface area contributed by atoms with Crippen molar-refractivity contribution in [3.05, 3.63) is 29.8 Å². The maximum Gasteiger partial charge on any atom is 0.307 e. The van der Waals surface area contributed by atoms with Gasteiger partial charge in [0.15, 0.2) is 0 Å². The molecule has 0 aromatic heterocycles. The van der Waals surface area contributed by atoms with Gasteiger partial charge in [-0.2, -0.15) is 0 Å². The average Bonchev–Trinajstić information content (AvgIpc) is 2.54. The van der Waals surface area contributed by atoms with Gasteiger partial charge >= 0.3 is 5.97 Å². The van der Waals surface area contributed by atoms with Gasteiger partial charge in [0.25, 0.3) is 0 Å². The monoisotopic (exact) mass is 333 g/mol. The summed E-state index contributed by atoms with van der Waals surface area (Å²) in [5.41, 5.74) is 0.357. The van der Waals surface area contributed by atoms with Crippen LogP contribution in [-0.2, 0) is 19.9 Å². The number of hydrogen-bond acceptors (Lipinski definition) is 4. The molecule has 1 saturated carbocycles. The van der Waals surface area contributed by atoms with Crippen LogP contribution in [0.1, 0.15) is 31.2 Å². The number of ether oxygens (including phenoxy) is 2. The van der Waals surface area contributed by atoms with E-state index in [0.29, 0.717) is 38.9 Å². The molecule has 0 bridgehead atoms. The molecule has 2 fully saturated rings. The Hall–Kier alpha value is -2.08. The lowest BCUT2D eigenvalue weighted by Gasteiger charge is -2.42. The summed E-state index contributed by atoms with van der Waals surface area (Å²) in [6.07, 6.45) is 2.48. The third-order valence-corrected chi connectivity index (χ3v) is 5.26. The summed E-state index contributed by atoms with van der Waals surface area (Å²) < 4.78 is 11.0. The van der Waals surface area contributed by atoms with Gasteiger partial charge in [-0.15, -0.1) is 0 Å². The maximum absolute atomic E-state index is 12.7. The Morgan fingerprint density at radius 3 is 2.46 bits per heavy atom. The van der Waals surface area contributed by atoms with Crippen molar-refractivity contribution in [3.63, 3.8) is 0 Å². The van der Waals surface area contributed by atoms with Gasteiger partial charge in [0.05, 0.1) is 24.5 Å². The highest BCUT2D eigenvalue weighted by Gasteiger charge is 2.45. The number of carbonyl (C=O) groups excluding carboxylic acids is 1. The number of carbonyl (C=O) groups is 2. The standard InChI is InChI=1S/C18H23NO5/c1-23-15-5-3-2-4-14(15)18(8-10-24-11-9-18)19-16(20)12-6-7-13(12)17(21)22/h2-5,12-13H,6-11H2,1H3,(H,19,20)(H,21,22)/t12-,13+/m1/s1. The van der Waals surface area contributed by atoms with Gasteiger partial charge in [0.1, 0.15) is 5.75 Å². The summed E-state index contributed by atoms with van der Waals surface area (Å²) in [5, 5.41) is 12.3. The molecule has 2 atom stereocenters. The van der Waals surface area contributed by atoms with Crippen LogP contribution in [-0.4, -0.2) is 37.3 Å². The Morgan fingerprint density at radius 1 is 1.21 bits per heavy atom. The molecule has 0 spiro atoms. The number of benzene rings is 1. The summed E-state index contributed by atoms with van der Waals surface area (Å²) in [6.45, 7) is 1.09. The predicted molar refractivity (Wildman–Crippen MR) is 86.7 cm³/mol.